The summed E-state index contributed by atoms with van der Waals surface area (Å²) in [6.45, 7) is 4.09. The van der Waals surface area contributed by atoms with E-state index in [9.17, 15) is 9.59 Å². The summed E-state index contributed by atoms with van der Waals surface area (Å²) in [6.07, 6.45) is 2.43. The van der Waals surface area contributed by atoms with E-state index in [1.165, 1.54) is 12.1 Å². The Morgan fingerprint density at radius 2 is 2.07 bits per heavy atom. The lowest BCUT2D eigenvalue weighted by molar-refractivity contribution is 0.0696. The number of rotatable bonds is 4. The van der Waals surface area contributed by atoms with E-state index >= 15 is 0 Å². The first-order chi connectivity index (χ1) is 13.3. The molecule has 0 bridgehead atoms. The number of carbonyl (C=O) groups is 2. The van der Waals surface area contributed by atoms with E-state index in [0.717, 1.165) is 11.1 Å². The summed E-state index contributed by atoms with van der Waals surface area (Å²) >= 11 is 0. The molecule has 0 unspecified atom stereocenters. The Balaban J connectivity index is 1.74. The van der Waals surface area contributed by atoms with Crippen LogP contribution in [0.25, 0.3) is 11.4 Å². The average Bonchev–Trinajstić information content (AvgIpc) is 3.09. The average molecular weight is 377 g/mol. The van der Waals surface area contributed by atoms with Crippen molar-refractivity contribution in [2.75, 3.05) is 5.73 Å². The molecule has 8 nitrogen and oxygen atoms in total. The maximum Gasteiger partial charge on any atom is 0.335 e. The highest BCUT2D eigenvalue weighted by molar-refractivity contribution is 5.99. The highest BCUT2D eigenvalue weighted by Crippen LogP contribution is 2.42. The number of aromatic nitrogens is 4. The van der Waals surface area contributed by atoms with Crippen molar-refractivity contribution in [2.24, 2.45) is 0 Å². The number of benzene rings is 1. The maximum absolute atomic E-state index is 13.0. The number of Topliss-reactive ketones (excluding diaryl/α,β-unsaturated/α-hetero) is 1. The SMILES string of the molecule is CC1(C)Cc2cnc(N)nc2-c2n[nH]c(C(=O)Cc3cccc(C(=O)O)c3)c21. The molecule has 2 heterocycles. The van der Waals surface area contributed by atoms with Crippen LogP contribution in [-0.4, -0.2) is 37.0 Å². The van der Waals surface area contributed by atoms with Crippen LogP contribution in [0.15, 0.2) is 30.5 Å². The number of hydrogen-bond acceptors (Lipinski definition) is 6. The van der Waals surface area contributed by atoms with Crippen LogP contribution in [0.5, 0.6) is 0 Å². The van der Waals surface area contributed by atoms with Gasteiger partial charge in [-0.05, 0) is 35.1 Å². The molecule has 4 rings (SSSR count). The second-order valence-electron chi connectivity index (χ2n) is 7.59. The van der Waals surface area contributed by atoms with Gasteiger partial charge >= 0.3 is 5.97 Å². The fourth-order valence-electron chi connectivity index (χ4n) is 3.78. The van der Waals surface area contributed by atoms with E-state index in [-0.39, 0.29) is 29.1 Å². The molecule has 1 aromatic carbocycles. The van der Waals surface area contributed by atoms with E-state index in [4.69, 9.17) is 10.8 Å². The zero-order chi connectivity index (χ0) is 20.1. The Morgan fingerprint density at radius 3 is 2.82 bits per heavy atom. The van der Waals surface area contributed by atoms with Gasteiger partial charge in [0.25, 0.3) is 0 Å². The van der Waals surface area contributed by atoms with Crippen molar-refractivity contribution in [1.29, 1.82) is 0 Å². The molecule has 142 valence electrons. The van der Waals surface area contributed by atoms with E-state index in [0.29, 0.717) is 29.1 Å². The van der Waals surface area contributed by atoms with Crippen LogP contribution in [0.4, 0.5) is 5.95 Å². The van der Waals surface area contributed by atoms with Crippen molar-refractivity contribution in [3.63, 3.8) is 0 Å². The molecular formula is C20H19N5O3. The number of nitrogens with one attached hydrogen (secondary N) is 1. The molecule has 0 saturated heterocycles. The van der Waals surface area contributed by atoms with Crippen LogP contribution >= 0.6 is 0 Å². The number of H-pyrrole nitrogens is 1. The van der Waals surface area contributed by atoms with E-state index in [1.54, 1.807) is 18.3 Å². The lowest BCUT2D eigenvalue weighted by Crippen LogP contribution is -2.28. The van der Waals surface area contributed by atoms with Gasteiger partial charge in [0.05, 0.1) is 11.3 Å². The van der Waals surface area contributed by atoms with Gasteiger partial charge in [-0.25, -0.2) is 14.8 Å². The molecule has 8 heteroatoms. The van der Waals surface area contributed by atoms with E-state index in [1.807, 2.05) is 13.8 Å². The van der Waals surface area contributed by atoms with Crippen LogP contribution in [0.2, 0.25) is 0 Å². The number of anilines is 1. The number of aromatic carboxylic acids is 1. The van der Waals surface area contributed by atoms with Gasteiger partial charge in [-0.2, -0.15) is 5.10 Å². The topological polar surface area (TPSA) is 135 Å². The molecule has 1 aliphatic carbocycles. The Kier molecular flexibility index (Phi) is 3.99. The predicted octanol–water partition coefficient (Wildman–Crippen LogP) is 2.41. The summed E-state index contributed by atoms with van der Waals surface area (Å²) in [7, 11) is 0. The number of nitrogen functional groups attached to an aromatic ring is 1. The molecular weight excluding hydrogens is 358 g/mol. The number of aromatic amines is 1. The summed E-state index contributed by atoms with van der Waals surface area (Å²) in [5.74, 6) is -1.02. The number of carboxylic acids is 1. The molecule has 4 N–H and O–H groups in total. The Morgan fingerprint density at radius 1 is 1.29 bits per heavy atom. The van der Waals surface area contributed by atoms with Crippen molar-refractivity contribution in [1.82, 2.24) is 20.2 Å². The molecule has 0 saturated carbocycles. The molecule has 0 radical (unpaired) electrons. The third kappa shape index (κ3) is 2.92. The van der Waals surface area contributed by atoms with Crippen LogP contribution in [0.1, 0.15) is 51.4 Å². The van der Waals surface area contributed by atoms with E-state index in [2.05, 4.69) is 20.2 Å². The first-order valence-corrected chi connectivity index (χ1v) is 8.82. The number of nitrogens with zero attached hydrogens (tertiary/aromatic N) is 3. The maximum atomic E-state index is 13.0. The minimum absolute atomic E-state index is 0.0740. The molecule has 1 aliphatic rings. The van der Waals surface area contributed by atoms with Gasteiger partial charge < -0.3 is 10.8 Å². The summed E-state index contributed by atoms with van der Waals surface area (Å²) in [5, 5.41) is 16.4. The second kappa shape index (κ2) is 6.26. The minimum Gasteiger partial charge on any atom is -0.478 e. The first kappa shape index (κ1) is 17.8. The van der Waals surface area contributed by atoms with Crippen LogP contribution in [0, 0.1) is 0 Å². The molecule has 0 aliphatic heterocycles. The molecule has 3 aromatic rings. The van der Waals surface area contributed by atoms with Gasteiger partial charge in [-0.1, -0.05) is 26.0 Å². The van der Waals surface area contributed by atoms with Gasteiger partial charge in [-0.3, -0.25) is 9.89 Å². The lowest BCUT2D eigenvalue weighted by atomic mass is 9.72. The number of fused-ring (bicyclic) bond motifs is 3. The third-order valence-corrected chi connectivity index (χ3v) is 5.00. The van der Waals surface area contributed by atoms with Crippen LogP contribution in [-0.2, 0) is 18.3 Å². The quantitative estimate of drug-likeness (QED) is 0.594. The molecule has 2 aromatic heterocycles. The number of hydrogen-bond donors (Lipinski definition) is 3. The van der Waals surface area contributed by atoms with Crippen LogP contribution in [0.3, 0.4) is 0 Å². The summed E-state index contributed by atoms with van der Waals surface area (Å²) in [5.41, 5.74) is 9.60. The normalized spacial score (nSPS) is 14.2. The standard InChI is InChI=1S/C20H19N5O3/c1-20(2)8-12-9-22-19(21)23-15(12)17-14(20)16(24-25-17)13(26)7-10-4-3-5-11(6-10)18(27)28/h3-6,9H,7-8H2,1-2H3,(H,24,25)(H,27,28)(H2,21,22,23). The molecule has 28 heavy (non-hydrogen) atoms. The van der Waals surface area contributed by atoms with Crippen LogP contribution < -0.4 is 5.73 Å². The Labute approximate surface area is 160 Å². The fourth-order valence-corrected chi connectivity index (χ4v) is 3.78. The zero-order valence-corrected chi connectivity index (χ0v) is 15.5. The Bertz CT molecular complexity index is 1120. The van der Waals surface area contributed by atoms with E-state index < -0.39 is 5.97 Å². The summed E-state index contributed by atoms with van der Waals surface area (Å²) in [4.78, 5) is 32.6. The van der Waals surface area contributed by atoms with Gasteiger partial charge in [0.2, 0.25) is 5.95 Å². The number of nitrogens with two attached hydrogens (primary N) is 1. The predicted molar refractivity (Wildman–Crippen MR) is 102 cm³/mol. The van der Waals surface area contributed by atoms with Crippen molar-refractivity contribution in [3.8, 4) is 11.4 Å². The molecule has 0 fully saturated rings. The van der Waals surface area contributed by atoms with Crippen molar-refractivity contribution in [2.45, 2.75) is 32.1 Å². The molecule has 0 spiro atoms. The first-order valence-electron chi connectivity index (χ1n) is 8.82. The monoisotopic (exact) mass is 377 g/mol. The Hall–Kier alpha value is -3.55. The fraction of sp³-hybridized carbons (Fsp3) is 0.250. The number of carboxylic acid groups (broad SMARTS) is 1. The third-order valence-electron chi connectivity index (χ3n) is 5.00. The van der Waals surface area contributed by atoms with Gasteiger partial charge in [0.15, 0.2) is 5.78 Å². The minimum atomic E-state index is -1.02. The zero-order valence-electron chi connectivity index (χ0n) is 15.5. The lowest BCUT2D eigenvalue weighted by Gasteiger charge is -2.30. The number of carbonyl (C=O) groups excluding carboxylic acids is 1. The largest absolute Gasteiger partial charge is 0.478 e. The van der Waals surface area contributed by atoms with Crippen molar-refractivity contribution < 1.29 is 14.7 Å². The van der Waals surface area contributed by atoms with Gasteiger partial charge in [0, 0.05) is 18.2 Å². The smallest absolute Gasteiger partial charge is 0.335 e. The van der Waals surface area contributed by atoms with Crippen molar-refractivity contribution >= 4 is 17.7 Å². The molecule has 0 atom stereocenters. The highest BCUT2D eigenvalue weighted by Gasteiger charge is 2.38. The highest BCUT2D eigenvalue weighted by atomic mass is 16.4. The molecule has 0 amide bonds. The van der Waals surface area contributed by atoms with Gasteiger partial charge in [-0.15, -0.1) is 0 Å². The second-order valence-corrected chi connectivity index (χ2v) is 7.59. The summed E-state index contributed by atoms with van der Waals surface area (Å²) in [6, 6.07) is 6.38. The van der Waals surface area contributed by atoms with Crippen molar-refractivity contribution in [3.05, 3.63) is 58.4 Å². The summed E-state index contributed by atoms with van der Waals surface area (Å²) < 4.78 is 0. The number of ketones is 1. The van der Waals surface area contributed by atoms with Gasteiger partial charge in [0.1, 0.15) is 11.4 Å².